The largest absolute Gasteiger partial charge is 0.313 e. The molecule has 0 unspecified atom stereocenters. The Bertz CT molecular complexity index is 1260. The summed E-state index contributed by atoms with van der Waals surface area (Å²) >= 11 is 0. The van der Waals surface area contributed by atoms with Crippen LogP contribution in [0.15, 0.2) is 91.0 Å². The van der Waals surface area contributed by atoms with Crippen LogP contribution >= 0.6 is 0 Å². The third-order valence-corrected chi connectivity index (χ3v) is 5.59. The smallest absolute Gasteiger partial charge is 0.0537 e. The highest BCUT2D eigenvalue weighted by molar-refractivity contribution is 6.00. The molecule has 0 atom stereocenters. The predicted octanol–water partition coefficient (Wildman–Crippen LogP) is 5.67. The number of fused-ring (bicyclic) bond motifs is 2. The lowest BCUT2D eigenvalue weighted by atomic mass is 10.0. The molecule has 0 amide bonds. The van der Waals surface area contributed by atoms with E-state index < -0.39 is 0 Å². The second-order valence-corrected chi connectivity index (χ2v) is 7.45. The van der Waals surface area contributed by atoms with Crippen molar-refractivity contribution in [3.63, 3.8) is 0 Å². The lowest BCUT2D eigenvalue weighted by Gasteiger charge is -2.30. The molecule has 0 fully saturated rings. The molecule has 0 heterocycles. The number of benzene rings is 4. The first-order valence-corrected chi connectivity index (χ1v) is 9.94. The van der Waals surface area contributed by atoms with Gasteiger partial charge in [0.05, 0.1) is 5.69 Å². The van der Waals surface area contributed by atoms with E-state index in [0.717, 1.165) is 12.8 Å². The molecule has 0 saturated carbocycles. The Hall–Kier alpha value is -3.32. The summed E-state index contributed by atoms with van der Waals surface area (Å²) in [4.78, 5) is 2.47. The Labute approximate surface area is 165 Å². The molecule has 0 N–H and O–H groups in total. The van der Waals surface area contributed by atoms with Crippen LogP contribution in [0.3, 0.4) is 0 Å². The number of hydrogen-bond acceptors (Lipinski definition) is 1. The molecule has 136 valence electrons. The summed E-state index contributed by atoms with van der Waals surface area (Å²) < 4.78 is 0. The summed E-state index contributed by atoms with van der Waals surface area (Å²) in [5, 5.41) is 5.22. The molecule has 5 rings (SSSR count). The maximum atomic E-state index is 2.47. The van der Waals surface area contributed by atoms with Crippen molar-refractivity contribution in [2.45, 2.75) is 19.8 Å². The van der Waals surface area contributed by atoms with Gasteiger partial charge in [-0.2, -0.15) is 0 Å². The molecule has 4 aromatic carbocycles. The fourth-order valence-corrected chi connectivity index (χ4v) is 4.21. The molecule has 0 spiro atoms. The molecule has 1 aliphatic carbocycles. The minimum Gasteiger partial charge on any atom is -0.313 e. The first kappa shape index (κ1) is 16.8. The monoisotopic (exact) mass is 361 g/mol. The van der Waals surface area contributed by atoms with E-state index in [1.807, 2.05) is 0 Å². The lowest BCUT2D eigenvalue weighted by Crippen LogP contribution is -2.35. The first-order chi connectivity index (χ1) is 13.8. The highest BCUT2D eigenvalue weighted by atomic mass is 15.1. The second kappa shape index (κ2) is 7.01. The van der Waals surface area contributed by atoms with Crippen LogP contribution in [0.2, 0.25) is 0 Å². The Morgan fingerprint density at radius 1 is 0.714 bits per heavy atom. The van der Waals surface area contributed by atoms with E-state index in [4.69, 9.17) is 0 Å². The number of anilines is 2. The van der Waals surface area contributed by atoms with Gasteiger partial charge in [0.25, 0.3) is 0 Å². The summed E-state index contributed by atoms with van der Waals surface area (Å²) in [5.41, 5.74) is 5.12. The number of hydrogen-bond donors (Lipinski definition) is 0. The number of aryl methyl sites for hydroxylation is 1. The van der Waals surface area contributed by atoms with E-state index in [1.165, 1.54) is 43.8 Å². The van der Waals surface area contributed by atoms with Crippen molar-refractivity contribution in [2.24, 2.45) is 0 Å². The standard InChI is InChI=1S/C27H23N/c1-20-16-18-23(19-17-20)28(26-14-6-10-21-8-2-4-12-24(21)26)27-15-7-11-22-9-3-5-13-25(22)27/h2-6,8-14,16-19H,7,15H2,1H3. The Morgan fingerprint density at radius 2 is 1.46 bits per heavy atom. The zero-order valence-corrected chi connectivity index (χ0v) is 16.1. The van der Waals surface area contributed by atoms with Gasteiger partial charge in [-0.3, -0.25) is 0 Å². The van der Waals surface area contributed by atoms with Crippen molar-refractivity contribution in [3.8, 4) is 0 Å². The van der Waals surface area contributed by atoms with Crippen LogP contribution in [0.5, 0.6) is 0 Å². The fraction of sp³-hybridized carbons (Fsp3) is 0.111. The lowest BCUT2D eigenvalue weighted by molar-refractivity contribution is 1.03. The highest BCUT2D eigenvalue weighted by Gasteiger charge is 2.19. The Kier molecular flexibility index (Phi) is 4.21. The summed E-state index contributed by atoms with van der Waals surface area (Å²) in [5.74, 6) is 0. The molecule has 0 bridgehead atoms. The van der Waals surface area contributed by atoms with Crippen molar-refractivity contribution in [2.75, 3.05) is 4.90 Å². The highest BCUT2D eigenvalue weighted by Crippen LogP contribution is 2.37. The van der Waals surface area contributed by atoms with Crippen LogP contribution in [-0.4, -0.2) is 0 Å². The van der Waals surface area contributed by atoms with E-state index in [1.54, 1.807) is 0 Å². The fourth-order valence-electron chi connectivity index (χ4n) is 4.21. The van der Waals surface area contributed by atoms with Gasteiger partial charge in [0, 0.05) is 22.0 Å². The minimum atomic E-state index is 1.04. The van der Waals surface area contributed by atoms with Gasteiger partial charge in [-0.05, 0) is 48.6 Å². The van der Waals surface area contributed by atoms with Crippen molar-refractivity contribution in [3.05, 3.63) is 107 Å². The third kappa shape index (κ3) is 2.90. The molecule has 28 heavy (non-hydrogen) atoms. The predicted molar refractivity (Wildman–Crippen MR) is 120 cm³/mol. The van der Waals surface area contributed by atoms with Crippen molar-refractivity contribution >= 4 is 33.9 Å². The average molecular weight is 361 g/mol. The molecule has 0 aliphatic heterocycles. The molecule has 1 nitrogen and oxygen atoms in total. The van der Waals surface area contributed by atoms with E-state index in [-0.39, 0.29) is 0 Å². The van der Waals surface area contributed by atoms with E-state index in [0.29, 0.717) is 0 Å². The van der Waals surface area contributed by atoms with Crippen LogP contribution in [-0.2, 0) is 0 Å². The van der Waals surface area contributed by atoms with Crippen LogP contribution in [0.4, 0.5) is 11.4 Å². The van der Waals surface area contributed by atoms with Gasteiger partial charge >= 0.3 is 0 Å². The van der Waals surface area contributed by atoms with Gasteiger partial charge in [-0.1, -0.05) is 84.4 Å². The molecule has 4 aromatic rings. The zero-order chi connectivity index (χ0) is 18.9. The van der Waals surface area contributed by atoms with E-state index in [9.17, 15) is 0 Å². The maximum Gasteiger partial charge on any atom is 0.0537 e. The SMILES string of the molecule is Cc1ccc(N(C2=c3ccccc3=CCC2)c2cccc3ccccc23)cc1. The second-order valence-electron chi connectivity index (χ2n) is 7.45. The molecule has 1 heteroatoms. The Balaban J connectivity index is 1.85. The van der Waals surface area contributed by atoms with E-state index >= 15 is 0 Å². The van der Waals surface area contributed by atoms with Gasteiger partial charge in [-0.25, -0.2) is 0 Å². The molecular formula is C27H23N. The summed E-state index contributed by atoms with van der Waals surface area (Å²) in [6.45, 7) is 2.14. The van der Waals surface area contributed by atoms with Gasteiger partial charge in [0.15, 0.2) is 0 Å². The third-order valence-electron chi connectivity index (χ3n) is 5.59. The molecular weight excluding hydrogens is 338 g/mol. The number of nitrogens with zero attached hydrogens (tertiary/aromatic N) is 1. The van der Waals surface area contributed by atoms with Crippen molar-refractivity contribution in [1.29, 1.82) is 0 Å². The van der Waals surface area contributed by atoms with Crippen molar-refractivity contribution in [1.82, 2.24) is 0 Å². The van der Waals surface area contributed by atoms with Crippen molar-refractivity contribution < 1.29 is 0 Å². The topological polar surface area (TPSA) is 3.24 Å². The van der Waals surface area contributed by atoms with Crippen LogP contribution in [0.1, 0.15) is 18.4 Å². The van der Waals surface area contributed by atoms with Crippen LogP contribution in [0, 0.1) is 6.92 Å². The Morgan fingerprint density at radius 3 is 2.36 bits per heavy atom. The zero-order valence-electron chi connectivity index (χ0n) is 16.1. The molecule has 1 aliphatic rings. The summed E-state index contributed by atoms with van der Waals surface area (Å²) in [6.07, 6.45) is 4.46. The molecule has 0 aromatic heterocycles. The first-order valence-electron chi connectivity index (χ1n) is 9.94. The molecule has 0 radical (unpaired) electrons. The van der Waals surface area contributed by atoms with E-state index in [2.05, 4.69) is 109 Å². The van der Waals surface area contributed by atoms with Gasteiger partial charge in [0.2, 0.25) is 0 Å². The average Bonchev–Trinajstić information content (AvgIpc) is 2.75. The summed E-state index contributed by atoms with van der Waals surface area (Å²) in [7, 11) is 0. The van der Waals surface area contributed by atoms with Gasteiger partial charge in [-0.15, -0.1) is 0 Å². The van der Waals surface area contributed by atoms with Crippen LogP contribution < -0.4 is 15.3 Å². The maximum absolute atomic E-state index is 2.47. The number of rotatable bonds is 3. The normalized spacial score (nSPS) is 13.1. The van der Waals surface area contributed by atoms with Gasteiger partial charge in [0.1, 0.15) is 0 Å². The quantitative estimate of drug-likeness (QED) is 0.454. The summed E-state index contributed by atoms with van der Waals surface area (Å²) in [6, 6.07) is 32.9. The van der Waals surface area contributed by atoms with Crippen LogP contribution in [0.25, 0.3) is 22.5 Å². The molecule has 0 saturated heterocycles. The minimum absolute atomic E-state index is 1.04. The van der Waals surface area contributed by atoms with Gasteiger partial charge < -0.3 is 4.90 Å².